The number of hydrogen-bond donors (Lipinski definition) is 1. The maximum atomic E-state index is 6.63. The number of benzene rings is 1. The van der Waals surface area contributed by atoms with Gasteiger partial charge in [-0.3, -0.25) is 0 Å². The Labute approximate surface area is 111 Å². The van der Waals surface area contributed by atoms with Crippen LogP contribution < -0.4 is 5.73 Å². The van der Waals surface area contributed by atoms with Crippen LogP contribution in [0, 0.1) is 5.92 Å². The first-order valence-corrected chi connectivity index (χ1v) is 7.54. The predicted octanol–water partition coefficient (Wildman–Crippen LogP) is 3.63. The summed E-state index contributed by atoms with van der Waals surface area (Å²) >= 11 is 0. The molecule has 2 N–H and O–H groups in total. The van der Waals surface area contributed by atoms with Gasteiger partial charge >= 0.3 is 0 Å². The molecule has 1 aromatic rings. The molecule has 1 fully saturated rings. The van der Waals surface area contributed by atoms with Crippen molar-refractivity contribution in [3.05, 3.63) is 34.9 Å². The van der Waals surface area contributed by atoms with Crippen molar-refractivity contribution in [3.8, 4) is 0 Å². The molecule has 0 spiro atoms. The minimum atomic E-state index is 0.0600. The van der Waals surface area contributed by atoms with Crippen LogP contribution in [0.2, 0.25) is 0 Å². The molecule has 0 radical (unpaired) electrons. The molecule has 2 aliphatic carbocycles. The van der Waals surface area contributed by atoms with E-state index in [4.69, 9.17) is 5.73 Å². The number of fused-ring (bicyclic) bond motifs is 1. The topological polar surface area (TPSA) is 26.0 Å². The summed E-state index contributed by atoms with van der Waals surface area (Å²) in [5.74, 6) is 0.804. The second kappa shape index (κ2) is 4.70. The number of aryl methyl sites for hydroxylation is 2. The van der Waals surface area contributed by atoms with Crippen molar-refractivity contribution in [3.63, 3.8) is 0 Å². The first-order chi connectivity index (χ1) is 8.65. The lowest BCUT2D eigenvalue weighted by Gasteiger charge is -2.37. The Bertz CT molecular complexity index is 437. The van der Waals surface area contributed by atoms with Crippen molar-refractivity contribution in [1.82, 2.24) is 0 Å². The van der Waals surface area contributed by atoms with E-state index < -0.39 is 0 Å². The van der Waals surface area contributed by atoms with Crippen molar-refractivity contribution in [2.24, 2.45) is 11.7 Å². The zero-order valence-electron chi connectivity index (χ0n) is 11.5. The van der Waals surface area contributed by atoms with Gasteiger partial charge in [0, 0.05) is 5.54 Å². The van der Waals surface area contributed by atoms with Gasteiger partial charge < -0.3 is 5.73 Å². The average Bonchev–Trinajstić information content (AvgIpc) is 2.75. The molecule has 1 heteroatoms. The highest BCUT2D eigenvalue weighted by Crippen LogP contribution is 2.33. The van der Waals surface area contributed by atoms with Crippen LogP contribution in [0.25, 0.3) is 0 Å². The third-order valence-corrected chi connectivity index (χ3v) is 4.85. The summed E-state index contributed by atoms with van der Waals surface area (Å²) in [6.45, 7) is 2.35. The molecule has 0 saturated heterocycles. The molecule has 0 aliphatic heterocycles. The zero-order chi connectivity index (χ0) is 12.6. The van der Waals surface area contributed by atoms with E-state index in [-0.39, 0.29) is 5.54 Å². The Hall–Kier alpha value is -0.820. The van der Waals surface area contributed by atoms with Crippen LogP contribution in [-0.4, -0.2) is 5.54 Å². The molecule has 0 bridgehead atoms. The molecule has 0 amide bonds. The van der Waals surface area contributed by atoms with Crippen molar-refractivity contribution >= 4 is 0 Å². The van der Waals surface area contributed by atoms with E-state index in [0.717, 1.165) is 12.3 Å². The summed E-state index contributed by atoms with van der Waals surface area (Å²) in [7, 11) is 0. The fourth-order valence-electron chi connectivity index (χ4n) is 4.00. The second-order valence-corrected chi connectivity index (χ2v) is 6.70. The molecule has 1 nitrogen and oxygen atoms in total. The van der Waals surface area contributed by atoms with E-state index >= 15 is 0 Å². The molecule has 98 valence electrons. The van der Waals surface area contributed by atoms with Crippen LogP contribution >= 0.6 is 0 Å². The highest BCUT2D eigenvalue weighted by atomic mass is 14.7. The van der Waals surface area contributed by atoms with E-state index in [0.29, 0.717) is 0 Å². The molecule has 18 heavy (non-hydrogen) atoms. The van der Waals surface area contributed by atoms with E-state index in [9.17, 15) is 0 Å². The summed E-state index contributed by atoms with van der Waals surface area (Å²) in [6.07, 6.45) is 10.0. The van der Waals surface area contributed by atoms with Gasteiger partial charge in [0.05, 0.1) is 0 Å². The van der Waals surface area contributed by atoms with Crippen molar-refractivity contribution in [1.29, 1.82) is 0 Å². The van der Waals surface area contributed by atoms with Crippen LogP contribution in [0.1, 0.15) is 55.7 Å². The summed E-state index contributed by atoms with van der Waals surface area (Å²) in [5, 5.41) is 0. The minimum absolute atomic E-state index is 0.0600. The maximum absolute atomic E-state index is 6.63. The van der Waals surface area contributed by atoms with Crippen LogP contribution in [0.4, 0.5) is 0 Å². The normalized spacial score (nSPS) is 31.3. The average molecular weight is 243 g/mol. The Morgan fingerprint density at radius 3 is 2.89 bits per heavy atom. The lowest BCUT2D eigenvalue weighted by molar-refractivity contribution is 0.235. The third kappa shape index (κ3) is 2.47. The zero-order valence-corrected chi connectivity index (χ0v) is 11.5. The van der Waals surface area contributed by atoms with Crippen LogP contribution in [0.3, 0.4) is 0 Å². The first-order valence-electron chi connectivity index (χ1n) is 7.54. The third-order valence-electron chi connectivity index (χ3n) is 4.85. The first kappa shape index (κ1) is 12.2. The Morgan fingerprint density at radius 2 is 2.06 bits per heavy atom. The number of hydrogen-bond acceptors (Lipinski definition) is 1. The Balaban J connectivity index is 1.75. The fourth-order valence-corrected chi connectivity index (χ4v) is 4.00. The summed E-state index contributed by atoms with van der Waals surface area (Å²) in [5.41, 5.74) is 11.3. The summed E-state index contributed by atoms with van der Waals surface area (Å²) < 4.78 is 0. The second-order valence-electron chi connectivity index (χ2n) is 6.70. The van der Waals surface area contributed by atoms with Gasteiger partial charge in [-0.25, -0.2) is 0 Å². The molecule has 3 rings (SSSR count). The minimum Gasteiger partial charge on any atom is -0.325 e. The van der Waals surface area contributed by atoms with E-state index in [1.165, 1.54) is 50.5 Å². The van der Waals surface area contributed by atoms with Gasteiger partial charge in [0.15, 0.2) is 0 Å². The van der Waals surface area contributed by atoms with E-state index in [2.05, 4.69) is 25.1 Å². The monoisotopic (exact) mass is 243 g/mol. The van der Waals surface area contributed by atoms with Gasteiger partial charge in [-0.05, 0) is 61.1 Å². The van der Waals surface area contributed by atoms with Crippen LogP contribution in [-0.2, 0) is 19.3 Å². The smallest absolute Gasteiger partial charge is 0.0197 e. The van der Waals surface area contributed by atoms with Crippen LogP contribution in [0.15, 0.2) is 18.2 Å². The molecule has 2 aliphatic rings. The molecule has 2 atom stereocenters. The quantitative estimate of drug-likeness (QED) is 0.843. The van der Waals surface area contributed by atoms with Gasteiger partial charge in [0.25, 0.3) is 0 Å². The van der Waals surface area contributed by atoms with Gasteiger partial charge in [-0.2, -0.15) is 0 Å². The number of rotatable bonds is 2. The van der Waals surface area contributed by atoms with Crippen molar-refractivity contribution in [2.45, 2.75) is 63.8 Å². The molecule has 0 aromatic heterocycles. The van der Waals surface area contributed by atoms with Crippen molar-refractivity contribution in [2.75, 3.05) is 0 Å². The largest absolute Gasteiger partial charge is 0.325 e. The summed E-state index contributed by atoms with van der Waals surface area (Å²) in [6, 6.07) is 7.08. The fraction of sp³-hybridized carbons (Fsp3) is 0.647. The maximum Gasteiger partial charge on any atom is 0.0197 e. The van der Waals surface area contributed by atoms with Gasteiger partial charge in [0.1, 0.15) is 0 Å². The van der Waals surface area contributed by atoms with Gasteiger partial charge in [0.2, 0.25) is 0 Å². The van der Waals surface area contributed by atoms with Crippen LogP contribution in [0.5, 0.6) is 0 Å². The number of nitrogens with two attached hydrogens (primary N) is 1. The Kier molecular flexibility index (Phi) is 3.19. The van der Waals surface area contributed by atoms with Crippen molar-refractivity contribution < 1.29 is 0 Å². The van der Waals surface area contributed by atoms with E-state index in [1.807, 2.05) is 0 Å². The highest BCUT2D eigenvalue weighted by Gasteiger charge is 2.31. The molecular formula is C17H25N. The molecule has 1 aromatic carbocycles. The standard InChI is InChI=1S/C17H25N/c1-13-4-3-9-17(18,11-13)12-14-7-8-15-5-2-6-16(15)10-14/h7-8,10,13H,2-6,9,11-12,18H2,1H3. The molecule has 2 unspecified atom stereocenters. The highest BCUT2D eigenvalue weighted by molar-refractivity contribution is 5.36. The lowest BCUT2D eigenvalue weighted by atomic mass is 9.74. The predicted molar refractivity (Wildman–Crippen MR) is 76.7 cm³/mol. The molecule has 1 saturated carbocycles. The van der Waals surface area contributed by atoms with Gasteiger partial charge in [-0.15, -0.1) is 0 Å². The summed E-state index contributed by atoms with van der Waals surface area (Å²) in [4.78, 5) is 0. The molecular weight excluding hydrogens is 218 g/mol. The lowest BCUT2D eigenvalue weighted by Crippen LogP contribution is -2.45. The SMILES string of the molecule is CC1CCCC(N)(Cc2ccc3c(c2)CCC3)C1. The Morgan fingerprint density at radius 1 is 1.22 bits per heavy atom. The van der Waals surface area contributed by atoms with E-state index in [1.54, 1.807) is 11.1 Å². The van der Waals surface area contributed by atoms with Gasteiger partial charge in [-0.1, -0.05) is 38.0 Å². The molecule has 0 heterocycles.